The first kappa shape index (κ1) is 14.9. The van der Waals surface area contributed by atoms with Gasteiger partial charge >= 0.3 is 5.97 Å². The second-order valence-electron chi connectivity index (χ2n) is 4.89. The van der Waals surface area contributed by atoms with Gasteiger partial charge in [-0.3, -0.25) is 14.9 Å². The van der Waals surface area contributed by atoms with Gasteiger partial charge in [0.15, 0.2) is 9.84 Å². The zero-order valence-corrected chi connectivity index (χ0v) is 11.2. The summed E-state index contributed by atoms with van der Waals surface area (Å²) >= 11 is 0. The van der Waals surface area contributed by atoms with Gasteiger partial charge in [0.1, 0.15) is 6.04 Å². The molecule has 3 N–H and O–H groups in total. The largest absolute Gasteiger partial charge is 0.480 e. The Morgan fingerprint density at radius 1 is 1.44 bits per heavy atom. The maximum Gasteiger partial charge on any atom is 0.320 e. The molecule has 0 spiro atoms. The van der Waals surface area contributed by atoms with Crippen molar-refractivity contribution in [2.24, 2.45) is 0 Å². The van der Waals surface area contributed by atoms with Gasteiger partial charge in [-0.05, 0) is 20.3 Å². The monoisotopic (exact) mass is 278 g/mol. The van der Waals surface area contributed by atoms with Crippen molar-refractivity contribution in [2.75, 3.05) is 18.1 Å². The van der Waals surface area contributed by atoms with E-state index in [2.05, 4.69) is 10.6 Å². The molecule has 18 heavy (non-hydrogen) atoms. The molecule has 0 aromatic rings. The van der Waals surface area contributed by atoms with Gasteiger partial charge in [0.2, 0.25) is 5.91 Å². The highest BCUT2D eigenvalue weighted by molar-refractivity contribution is 7.91. The molecule has 0 saturated carbocycles. The molecule has 2 unspecified atom stereocenters. The number of nitrogens with one attached hydrogen (secondary N) is 2. The number of sulfone groups is 1. The molecule has 1 saturated heterocycles. The van der Waals surface area contributed by atoms with Crippen molar-refractivity contribution in [3.63, 3.8) is 0 Å². The van der Waals surface area contributed by atoms with Crippen LogP contribution in [0.5, 0.6) is 0 Å². The highest BCUT2D eigenvalue weighted by Gasteiger charge is 2.39. The van der Waals surface area contributed by atoms with E-state index in [-0.39, 0.29) is 18.1 Å². The molecule has 2 atom stereocenters. The van der Waals surface area contributed by atoms with Crippen molar-refractivity contribution >= 4 is 21.7 Å². The molecule has 1 aliphatic rings. The Balaban J connectivity index is 2.44. The molecule has 0 bridgehead atoms. The van der Waals surface area contributed by atoms with Crippen LogP contribution < -0.4 is 10.6 Å². The van der Waals surface area contributed by atoms with E-state index in [1.54, 1.807) is 6.92 Å². The zero-order chi connectivity index (χ0) is 14.0. The average Bonchev–Trinajstić information content (AvgIpc) is 2.49. The third-order valence-corrected chi connectivity index (χ3v) is 4.79. The second-order valence-corrected chi connectivity index (χ2v) is 7.08. The Hall–Kier alpha value is -1.15. The summed E-state index contributed by atoms with van der Waals surface area (Å²) in [5.41, 5.74) is -0.746. The van der Waals surface area contributed by atoms with Crippen molar-refractivity contribution in [1.29, 1.82) is 0 Å². The number of amides is 1. The third-order valence-electron chi connectivity index (χ3n) is 2.88. The molecule has 1 heterocycles. The SMILES string of the molecule is CC(NCC(=O)NC1(C)CCS(=O)(=O)C1)C(=O)O. The van der Waals surface area contributed by atoms with Gasteiger partial charge < -0.3 is 10.4 Å². The highest BCUT2D eigenvalue weighted by atomic mass is 32.2. The predicted molar refractivity (Wildman–Crippen MR) is 64.9 cm³/mol. The van der Waals surface area contributed by atoms with Gasteiger partial charge in [0, 0.05) is 0 Å². The van der Waals surface area contributed by atoms with Crippen molar-refractivity contribution in [1.82, 2.24) is 10.6 Å². The number of hydrogen-bond donors (Lipinski definition) is 3. The summed E-state index contributed by atoms with van der Waals surface area (Å²) in [6.07, 6.45) is 0.384. The lowest BCUT2D eigenvalue weighted by atomic mass is 10.0. The lowest BCUT2D eigenvalue weighted by Crippen LogP contribution is -2.51. The van der Waals surface area contributed by atoms with Gasteiger partial charge in [-0.1, -0.05) is 0 Å². The van der Waals surface area contributed by atoms with E-state index < -0.39 is 33.3 Å². The third kappa shape index (κ3) is 4.26. The summed E-state index contributed by atoms with van der Waals surface area (Å²) < 4.78 is 22.7. The minimum absolute atomic E-state index is 0.0692. The molecule has 104 valence electrons. The Morgan fingerprint density at radius 2 is 2.06 bits per heavy atom. The number of carboxylic acid groups (broad SMARTS) is 1. The van der Waals surface area contributed by atoms with Crippen LogP contribution >= 0.6 is 0 Å². The smallest absolute Gasteiger partial charge is 0.320 e. The quantitative estimate of drug-likeness (QED) is 0.579. The van der Waals surface area contributed by atoms with Crippen LogP contribution in [0.4, 0.5) is 0 Å². The Kier molecular flexibility index (Phi) is 4.33. The van der Waals surface area contributed by atoms with Crippen molar-refractivity contribution < 1.29 is 23.1 Å². The Labute approximate surface area is 106 Å². The van der Waals surface area contributed by atoms with Crippen LogP contribution in [-0.2, 0) is 19.4 Å². The van der Waals surface area contributed by atoms with Crippen LogP contribution in [0, 0.1) is 0 Å². The molecule has 1 fully saturated rings. The first-order valence-electron chi connectivity index (χ1n) is 5.61. The maximum absolute atomic E-state index is 11.6. The van der Waals surface area contributed by atoms with Crippen molar-refractivity contribution in [3.8, 4) is 0 Å². The van der Waals surface area contributed by atoms with Gasteiger partial charge in [-0.2, -0.15) is 0 Å². The minimum atomic E-state index is -3.07. The van der Waals surface area contributed by atoms with Crippen LogP contribution in [0.15, 0.2) is 0 Å². The molecule has 0 aromatic carbocycles. The van der Waals surface area contributed by atoms with E-state index in [1.165, 1.54) is 6.92 Å². The molecule has 1 amide bonds. The fraction of sp³-hybridized carbons (Fsp3) is 0.800. The molecule has 8 heteroatoms. The Morgan fingerprint density at radius 3 is 2.50 bits per heavy atom. The Bertz CT molecular complexity index is 447. The van der Waals surface area contributed by atoms with Crippen molar-refractivity contribution in [3.05, 3.63) is 0 Å². The van der Waals surface area contributed by atoms with E-state index in [0.717, 1.165) is 0 Å². The van der Waals surface area contributed by atoms with Crippen molar-refractivity contribution in [2.45, 2.75) is 31.8 Å². The number of hydrogen-bond acceptors (Lipinski definition) is 5. The van der Waals surface area contributed by atoms with Gasteiger partial charge in [0.05, 0.1) is 23.6 Å². The predicted octanol–water partition coefficient (Wildman–Crippen LogP) is -1.26. The summed E-state index contributed by atoms with van der Waals surface area (Å²) in [7, 11) is -3.07. The fourth-order valence-corrected chi connectivity index (χ4v) is 3.92. The molecule has 0 aromatic heterocycles. The molecular weight excluding hydrogens is 260 g/mol. The second kappa shape index (κ2) is 5.23. The van der Waals surface area contributed by atoms with Crippen LogP contribution in [0.2, 0.25) is 0 Å². The van der Waals surface area contributed by atoms with E-state index in [0.29, 0.717) is 6.42 Å². The summed E-state index contributed by atoms with van der Waals surface area (Å²) in [5.74, 6) is -1.44. The van der Waals surface area contributed by atoms with Gasteiger partial charge in [-0.25, -0.2) is 8.42 Å². The van der Waals surface area contributed by atoms with Gasteiger partial charge in [-0.15, -0.1) is 0 Å². The molecule has 1 rings (SSSR count). The number of aliphatic carboxylic acids is 1. The highest BCUT2D eigenvalue weighted by Crippen LogP contribution is 2.22. The van der Waals surface area contributed by atoms with Crippen LogP contribution in [0.1, 0.15) is 20.3 Å². The first-order chi connectivity index (χ1) is 8.14. The summed E-state index contributed by atoms with van der Waals surface area (Å²) in [6.45, 7) is 2.95. The van der Waals surface area contributed by atoms with Gasteiger partial charge in [0.25, 0.3) is 0 Å². The molecular formula is C10H18N2O5S. The maximum atomic E-state index is 11.6. The molecule has 0 radical (unpaired) electrons. The van der Waals surface area contributed by atoms with E-state index in [9.17, 15) is 18.0 Å². The molecule has 1 aliphatic heterocycles. The van der Waals surface area contributed by atoms with Crippen LogP contribution in [0.25, 0.3) is 0 Å². The molecule has 7 nitrogen and oxygen atoms in total. The van der Waals surface area contributed by atoms with E-state index >= 15 is 0 Å². The van der Waals surface area contributed by atoms with E-state index in [1.807, 2.05) is 0 Å². The summed E-state index contributed by atoms with van der Waals surface area (Å²) in [6, 6.07) is -0.823. The topological polar surface area (TPSA) is 113 Å². The lowest BCUT2D eigenvalue weighted by molar-refractivity contribution is -0.139. The number of carbonyl (C=O) groups excluding carboxylic acids is 1. The lowest BCUT2D eigenvalue weighted by Gasteiger charge is -2.24. The first-order valence-corrected chi connectivity index (χ1v) is 7.43. The standard InChI is InChI=1S/C10H18N2O5S/c1-7(9(14)15)11-5-8(13)12-10(2)3-4-18(16,17)6-10/h7,11H,3-6H2,1-2H3,(H,12,13)(H,14,15). The number of carbonyl (C=O) groups is 2. The minimum Gasteiger partial charge on any atom is -0.480 e. The normalized spacial score (nSPS) is 27.7. The van der Waals surface area contributed by atoms with E-state index in [4.69, 9.17) is 5.11 Å². The molecule has 0 aliphatic carbocycles. The summed E-state index contributed by atoms with van der Waals surface area (Å²) in [4.78, 5) is 22.1. The average molecular weight is 278 g/mol. The van der Waals surface area contributed by atoms with Crippen LogP contribution in [-0.4, -0.2) is 55.0 Å². The van der Waals surface area contributed by atoms with Crippen LogP contribution in [0.3, 0.4) is 0 Å². The zero-order valence-electron chi connectivity index (χ0n) is 10.4. The summed E-state index contributed by atoms with van der Waals surface area (Å²) in [5, 5.41) is 13.8. The number of rotatable bonds is 5. The number of carboxylic acids is 1. The fourth-order valence-electron chi connectivity index (χ4n) is 1.82.